The highest BCUT2D eigenvalue weighted by Crippen LogP contribution is 2.32. The molecule has 8 nitrogen and oxygen atoms in total. The van der Waals surface area contributed by atoms with Crippen LogP contribution in [0.1, 0.15) is 26.7 Å². The van der Waals surface area contributed by atoms with Crippen molar-refractivity contribution in [3.63, 3.8) is 0 Å². The number of nitrogens with one attached hydrogen (secondary N) is 2. The SMILES string of the molecule is CC1CCN(c2ccc(NS(=O)(=O)c3ccc4c(c3)NC(=O)C(C)O4)cn2)CC1. The number of hydrogen-bond acceptors (Lipinski definition) is 6. The van der Waals surface area contributed by atoms with Gasteiger partial charge in [0.15, 0.2) is 6.10 Å². The maximum absolute atomic E-state index is 12.8. The molecule has 1 aromatic carbocycles. The Morgan fingerprint density at radius 3 is 2.62 bits per heavy atom. The molecule has 1 aromatic heterocycles. The molecule has 0 saturated carbocycles. The predicted octanol–water partition coefficient (Wildman–Crippen LogP) is 2.84. The van der Waals surface area contributed by atoms with Crippen LogP contribution in [0.3, 0.4) is 0 Å². The van der Waals surface area contributed by atoms with Crippen molar-refractivity contribution in [2.75, 3.05) is 28.0 Å². The minimum Gasteiger partial charge on any atom is -0.479 e. The van der Waals surface area contributed by atoms with E-state index < -0.39 is 16.1 Å². The molecule has 2 aliphatic heterocycles. The van der Waals surface area contributed by atoms with E-state index in [1.807, 2.05) is 6.07 Å². The number of pyridine rings is 1. The van der Waals surface area contributed by atoms with Crippen molar-refractivity contribution >= 4 is 33.1 Å². The third-order valence-electron chi connectivity index (χ3n) is 5.30. The van der Waals surface area contributed by atoms with Gasteiger partial charge in [0, 0.05) is 13.1 Å². The number of sulfonamides is 1. The van der Waals surface area contributed by atoms with Gasteiger partial charge in [-0.05, 0) is 56.0 Å². The first-order chi connectivity index (χ1) is 13.8. The molecule has 1 unspecified atom stereocenters. The summed E-state index contributed by atoms with van der Waals surface area (Å²) in [5, 5.41) is 2.66. The summed E-state index contributed by atoms with van der Waals surface area (Å²) in [6.07, 6.45) is 3.17. The van der Waals surface area contributed by atoms with Gasteiger partial charge in [0.2, 0.25) is 0 Å². The third kappa shape index (κ3) is 4.14. The third-order valence-corrected chi connectivity index (χ3v) is 6.68. The molecule has 1 saturated heterocycles. The van der Waals surface area contributed by atoms with E-state index >= 15 is 0 Å². The Balaban J connectivity index is 1.49. The van der Waals surface area contributed by atoms with Gasteiger partial charge in [-0.2, -0.15) is 0 Å². The zero-order valence-electron chi connectivity index (χ0n) is 16.4. The van der Waals surface area contributed by atoms with Crippen LogP contribution in [0.25, 0.3) is 0 Å². The highest BCUT2D eigenvalue weighted by molar-refractivity contribution is 7.92. The molecule has 2 aliphatic rings. The summed E-state index contributed by atoms with van der Waals surface area (Å²) in [5.41, 5.74) is 0.717. The summed E-state index contributed by atoms with van der Waals surface area (Å²) in [5.74, 6) is 1.71. The van der Waals surface area contributed by atoms with Crippen LogP contribution in [0.15, 0.2) is 41.4 Å². The molecule has 29 heavy (non-hydrogen) atoms. The van der Waals surface area contributed by atoms with E-state index in [-0.39, 0.29) is 10.8 Å². The smallest absolute Gasteiger partial charge is 0.265 e. The molecule has 154 valence electrons. The number of ether oxygens (including phenoxy) is 1. The van der Waals surface area contributed by atoms with Crippen LogP contribution >= 0.6 is 0 Å². The average Bonchev–Trinajstić information content (AvgIpc) is 2.69. The number of nitrogens with zero attached hydrogens (tertiary/aromatic N) is 2. The first-order valence-corrected chi connectivity index (χ1v) is 11.2. The van der Waals surface area contributed by atoms with Crippen molar-refractivity contribution in [3.05, 3.63) is 36.5 Å². The number of hydrogen-bond donors (Lipinski definition) is 2. The minimum atomic E-state index is -3.83. The molecule has 9 heteroatoms. The van der Waals surface area contributed by atoms with Crippen molar-refractivity contribution < 1.29 is 17.9 Å². The Labute approximate surface area is 170 Å². The Kier molecular flexibility index (Phi) is 5.08. The van der Waals surface area contributed by atoms with Crippen LogP contribution in [-0.4, -0.2) is 38.5 Å². The fourth-order valence-electron chi connectivity index (χ4n) is 3.44. The topological polar surface area (TPSA) is 101 Å². The number of piperidine rings is 1. The number of anilines is 3. The lowest BCUT2D eigenvalue weighted by molar-refractivity contribution is -0.122. The summed E-state index contributed by atoms with van der Waals surface area (Å²) in [7, 11) is -3.83. The van der Waals surface area contributed by atoms with E-state index in [9.17, 15) is 13.2 Å². The Hall–Kier alpha value is -2.81. The molecular weight excluding hydrogens is 392 g/mol. The van der Waals surface area contributed by atoms with Crippen molar-refractivity contribution in [1.82, 2.24) is 4.98 Å². The van der Waals surface area contributed by atoms with Gasteiger partial charge in [-0.1, -0.05) is 6.92 Å². The van der Waals surface area contributed by atoms with Crippen LogP contribution in [-0.2, 0) is 14.8 Å². The molecule has 2 aromatic rings. The molecule has 1 atom stereocenters. The van der Waals surface area contributed by atoms with Gasteiger partial charge in [0.05, 0.1) is 22.5 Å². The van der Waals surface area contributed by atoms with Crippen LogP contribution in [0.4, 0.5) is 17.2 Å². The molecule has 3 heterocycles. The number of fused-ring (bicyclic) bond motifs is 1. The lowest BCUT2D eigenvalue weighted by Gasteiger charge is -2.31. The van der Waals surface area contributed by atoms with Gasteiger partial charge < -0.3 is 15.0 Å². The molecule has 0 spiro atoms. The first-order valence-electron chi connectivity index (χ1n) is 9.67. The molecule has 0 radical (unpaired) electrons. The first kappa shape index (κ1) is 19.5. The summed E-state index contributed by atoms with van der Waals surface area (Å²) in [6.45, 7) is 5.80. The number of benzene rings is 1. The highest BCUT2D eigenvalue weighted by Gasteiger charge is 2.26. The number of aromatic nitrogens is 1. The summed E-state index contributed by atoms with van der Waals surface area (Å²) in [6, 6.07) is 7.91. The Morgan fingerprint density at radius 2 is 1.93 bits per heavy atom. The monoisotopic (exact) mass is 416 g/mol. The summed E-state index contributed by atoms with van der Waals surface area (Å²) < 4.78 is 33.5. The summed E-state index contributed by atoms with van der Waals surface area (Å²) >= 11 is 0. The Bertz CT molecular complexity index is 1020. The van der Waals surface area contributed by atoms with Crippen LogP contribution < -0.4 is 19.7 Å². The van der Waals surface area contributed by atoms with Gasteiger partial charge in [-0.3, -0.25) is 9.52 Å². The van der Waals surface area contributed by atoms with E-state index in [0.717, 1.165) is 37.7 Å². The van der Waals surface area contributed by atoms with Crippen molar-refractivity contribution in [2.45, 2.75) is 37.7 Å². The maximum Gasteiger partial charge on any atom is 0.265 e. The van der Waals surface area contributed by atoms with E-state index in [0.29, 0.717) is 17.1 Å². The lowest BCUT2D eigenvalue weighted by atomic mass is 9.99. The second-order valence-electron chi connectivity index (χ2n) is 7.59. The zero-order valence-corrected chi connectivity index (χ0v) is 17.2. The zero-order chi connectivity index (χ0) is 20.6. The van der Waals surface area contributed by atoms with Gasteiger partial charge in [0.1, 0.15) is 11.6 Å². The van der Waals surface area contributed by atoms with Crippen molar-refractivity contribution in [1.29, 1.82) is 0 Å². The quantitative estimate of drug-likeness (QED) is 0.795. The van der Waals surface area contributed by atoms with Crippen LogP contribution in [0, 0.1) is 5.92 Å². The molecule has 0 aliphatic carbocycles. The molecule has 1 amide bonds. The maximum atomic E-state index is 12.8. The number of carbonyl (C=O) groups is 1. The molecule has 4 rings (SSSR count). The standard InChI is InChI=1S/C20H24N4O4S/c1-13-7-9-24(10-8-13)19-6-3-15(12-21-19)23-29(26,27)16-4-5-18-17(11-16)22-20(25)14(2)28-18/h3-6,11-14,23H,7-10H2,1-2H3,(H,22,25). The van der Waals surface area contributed by atoms with Crippen molar-refractivity contribution in [2.24, 2.45) is 5.92 Å². The predicted molar refractivity (Wildman–Crippen MR) is 111 cm³/mol. The number of rotatable bonds is 4. The van der Waals surface area contributed by atoms with Crippen molar-refractivity contribution in [3.8, 4) is 5.75 Å². The lowest BCUT2D eigenvalue weighted by Crippen LogP contribution is -2.34. The normalized spacial score (nSPS) is 19.9. The molecule has 1 fully saturated rings. The van der Waals surface area contributed by atoms with Gasteiger partial charge in [-0.25, -0.2) is 13.4 Å². The second-order valence-corrected chi connectivity index (χ2v) is 9.27. The average molecular weight is 417 g/mol. The fraction of sp³-hybridized carbons (Fsp3) is 0.400. The van der Waals surface area contributed by atoms with Gasteiger partial charge >= 0.3 is 0 Å². The van der Waals surface area contributed by atoms with Crippen LogP contribution in [0.2, 0.25) is 0 Å². The van der Waals surface area contributed by atoms with Crippen LogP contribution in [0.5, 0.6) is 5.75 Å². The molecule has 0 bridgehead atoms. The number of carbonyl (C=O) groups excluding carboxylic acids is 1. The van der Waals surface area contributed by atoms with Gasteiger partial charge in [-0.15, -0.1) is 0 Å². The Morgan fingerprint density at radius 1 is 1.17 bits per heavy atom. The second kappa shape index (κ2) is 7.55. The number of amides is 1. The van der Waals surface area contributed by atoms with E-state index in [1.54, 1.807) is 19.1 Å². The fourth-order valence-corrected chi connectivity index (χ4v) is 4.51. The van der Waals surface area contributed by atoms with E-state index in [2.05, 4.69) is 26.8 Å². The highest BCUT2D eigenvalue weighted by atomic mass is 32.2. The van der Waals surface area contributed by atoms with E-state index in [4.69, 9.17) is 4.74 Å². The largest absolute Gasteiger partial charge is 0.479 e. The summed E-state index contributed by atoms with van der Waals surface area (Å²) in [4.78, 5) is 18.4. The van der Waals surface area contributed by atoms with E-state index in [1.165, 1.54) is 18.3 Å². The minimum absolute atomic E-state index is 0.0313. The van der Waals surface area contributed by atoms with Gasteiger partial charge in [0.25, 0.3) is 15.9 Å². The molecule has 2 N–H and O–H groups in total. The molecular formula is C20H24N4O4S.